The van der Waals surface area contributed by atoms with Gasteiger partial charge in [0.15, 0.2) is 0 Å². The standard InChI is InChI=1S/C27H30N4O5S/c1-18-6-13-24(14-7-18)37(34,35)31(25-16-19(2)8-15-26(25)36-5)17-27(33)30-29-20(3)22-9-11-23(12-10-22)28-21(4)32/h6-16H,17H2,1-5H3,(H,28,32)(H,30,33)/b29-20-. The van der Waals surface area contributed by atoms with Crippen molar-refractivity contribution in [2.45, 2.75) is 32.6 Å². The molecule has 0 aliphatic carbocycles. The molecule has 10 heteroatoms. The molecule has 0 unspecified atom stereocenters. The van der Waals surface area contributed by atoms with Gasteiger partial charge in [-0.2, -0.15) is 5.10 Å². The summed E-state index contributed by atoms with van der Waals surface area (Å²) in [4.78, 5) is 24.2. The Morgan fingerprint density at radius 3 is 2.14 bits per heavy atom. The second kappa shape index (κ2) is 11.7. The Labute approximate surface area is 217 Å². The summed E-state index contributed by atoms with van der Waals surface area (Å²) in [6, 6.07) is 18.5. The lowest BCUT2D eigenvalue weighted by atomic mass is 10.1. The fourth-order valence-corrected chi connectivity index (χ4v) is 4.93. The number of hydrogen-bond donors (Lipinski definition) is 2. The molecular weight excluding hydrogens is 492 g/mol. The minimum Gasteiger partial charge on any atom is -0.495 e. The molecule has 0 atom stereocenters. The van der Waals surface area contributed by atoms with Crippen LogP contribution < -0.4 is 19.8 Å². The number of nitrogens with one attached hydrogen (secondary N) is 2. The molecule has 0 heterocycles. The van der Waals surface area contributed by atoms with Gasteiger partial charge >= 0.3 is 0 Å². The number of hydrogen-bond acceptors (Lipinski definition) is 6. The zero-order chi connectivity index (χ0) is 27.2. The summed E-state index contributed by atoms with van der Waals surface area (Å²) in [5, 5.41) is 6.82. The molecule has 3 aromatic carbocycles. The van der Waals surface area contributed by atoms with Crippen LogP contribution in [-0.2, 0) is 19.6 Å². The Kier molecular flexibility index (Phi) is 8.67. The second-order valence-corrected chi connectivity index (χ2v) is 10.4. The molecular formula is C27H30N4O5S. The number of carbonyl (C=O) groups is 2. The summed E-state index contributed by atoms with van der Waals surface area (Å²) >= 11 is 0. The van der Waals surface area contributed by atoms with Crippen LogP contribution in [0.4, 0.5) is 11.4 Å². The quantitative estimate of drug-likeness (QED) is 0.325. The van der Waals surface area contributed by atoms with Crippen molar-refractivity contribution in [2.24, 2.45) is 5.10 Å². The van der Waals surface area contributed by atoms with E-state index in [9.17, 15) is 18.0 Å². The Morgan fingerprint density at radius 2 is 1.54 bits per heavy atom. The summed E-state index contributed by atoms with van der Waals surface area (Å²) < 4.78 is 33.7. The maximum Gasteiger partial charge on any atom is 0.264 e. The van der Waals surface area contributed by atoms with Crippen LogP contribution in [0, 0.1) is 13.8 Å². The summed E-state index contributed by atoms with van der Waals surface area (Å²) in [5.74, 6) is -0.498. The number of aryl methyl sites for hydroxylation is 2. The van der Waals surface area contributed by atoms with Crippen molar-refractivity contribution < 1.29 is 22.7 Å². The summed E-state index contributed by atoms with van der Waals surface area (Å²) in [5.41, 5.74) is 6.26. The number of amides is 2. The summed E-state index contributed by atoms with van der Waals surface area (Å²) in [6.45, 7) is 6.29. The van der Waals surface area contributed by atoms with Crippen LogP contribution in [0.15, 0.2) is 76.7 Å². The van der Waals surface area contributed by atoms with Gasteiger partial charge in [-0.05, 0) is 68.3 Å². The highest BCUT2D eigenvalue weighted by atomic mass is 32.2. The molecule has 0 bridgehead atoms. The van der Waals surface area contributed by atoms with E-state index < -0.39 is 22.5 Å². The highest BCUT2D eigenvalue weighted by Gasteiger charge is 2.29. The van der Waals surface area contributed by atoms with Gasteiger partial charge in [-0.15, -0.1) is 0 Å². The Hall–Kier alpha value is -4.18. The largest absolute Gasteiger partial charge is 0.495 e. The predicted molar refractivity (Wildman–Crippen MR) is 145 cm³/mol. The number of ether oxygens (including phenoxy) is 1. The highest BCUT2D eigenvalue weighted by Crippen LogP contribution is 2.33. The molecule has 2 amide bonds. The monoisotopic (exact) mass is 522 g/mol. The van der Waals surface area contributed by atoms with E-state index in [1.807, 2.05) is 13.8 Å². The van der Waals surface area contributed by atoms with Gasteiger partial charge in [-0.25, -0.2) is 13.8 Å². The third kappa shape index (κ3) is 6.95. The van der Waals surface area contributed by atoms with Gasteiger partial charge in [0, 0.05) is 12.6 Å². The molecule has 194 valence electrons. The smallest absolute Gasteiger partial charge is 0.264 e. The first-order chi connectivity index (χ1) is 17.5. The summed E-state index contributed by atoms with van der Waals surface area (Å²) in [6.07, 6.45) is 0. The molecule has 3 rings (SSSR count). The molecule has 0 saturated carbocycles. The fraction of sp³-hybridized carbons (Fsp3) is 0.222. The zero-order valence-electron chi connectivity index (χ0n) is 21.4. The third-order valence-corrected chi connectivity index (χ3v) is 7.24. The van der Waals surface area contributed by atoms with Crippen molar-refractivity contribution in [2.75, 3.05) is 23.3 Å². The van der Waals surface area contributed by atoms with Gasteiger partial charge in [0.25, 0.3) is 15.9 Å². The summed E-state index contributed by atoms with van der Waals surface area (Å²) in [7, 11) is -2.67. The molecule has 37 heavy (non-hydrogen) atoms. The first kappa shape index (κ1) is 27.4. The van der Waals surface area contributed by atoms with E-state index in [0.717, 1.165) is 21.0 Å². The first-order valence-corrected chi connectivity index (χ1v) is 12.9. The van der Waals surface area contributed by atoms with Gasteiger partial charge in [0.05, 0.1) is 23.4 Å². The number of nitrogens with zero attached hydrogens (tertiary/aromatic N) is 2. The number of rotatable bonds is 9. The normalized spacial score (nSPS) is 11.5. The molecule has 0 fully saturated rings. The Bertz CT molecular complexity index is 1420. The topological polar surface area (TPSA) is 117 Å². The lowest BCUT2D eigenvalue weighted by Crippen LogP contribution is -2.40. The van der Waals surface area contributed by atoms with Crippen molar-refractivity contribution in [1.29, 1.82) is 0 Å². The molecule has 0 aliphatic rings. The van der Waals surface area contributed by atoms with E-state index in [4.69, 9.17) is 4.74 Å². The van der Waals surface area contributed by atoms with E-state index in [1.165, 1.54) is 26.2 Å². The van der Waals surface area contributed by atoms with Crippen LogP contribution in [-0.4, -0.2) is 39.6 Å². The number of hydrazone groups is 1. The molecule has 9 nitrogen and oxygen atoms in total. The minimum atomic E-state index is -4.11. The van der Waals surface area contributed by atoms with Crippen LogP contribution in [0.3, 0.4) is 0 Å². The van der Waals surface area contributed by atoms with Gasteiger partial charge in [-0.3, -0.25) is 13.9 Å². The molecule has 0 saturated heterocycles. The van der Waals surface area contributed by atoms with Gasteiger partial charge in [-0.1, -0.05) is 35.9 Å². The molecule has 0 aromatic heterocycles. The fourth-order valence-electron chi connectivity index (χ4n) is 3.51. The first-order valence-electron chi connectivity index (χ1n) is 11.5. The lowest BCUT2D eigenvalue weighted by molar-refractivity contribution is -0.119. The maximum absolute atomic E-state index is 13.7. The van der Waals surface area contributed by atoms with Crippen molar-refractivity contribution in [1.82, 2.24) is 5.43 Å². The van der Waals surface area contributed by atoms with Crippen LogP contribution >= 0.6 is 0 Å². The lowest BCUT2D eigenvalue weighted by Gasteiger charge is -2.25. The van der Waals surface area contributed by atoms with Crippen LogP contribution in [0.1, 0.15) is 30.5 Å². The molecule has 0 radical (unpaired) electrons. The van der Waals surface area contributed by atoms with Gasteiger partial charge < -0.3 is 10.1 Å². The van der Waals surface area contributed by atoms with E-state index in [-0.39, 0.29) is 16.5 Å². The maximum atomic E-state index is 13.7. The SMILES string of the molecule is COc1ccc(C)cc1N(CC(=O)N/N=C(/C)c1ccc(NC(C)=O)cc1)S(=O)(=O)c1ccc(C)cc1. The zero-order valence-corrected chi connectivity index (χ0v) is 22.2. The van der Waals surface area contributed by atoms with Crippen LogP contribution in [0.2, 0.25) is 0 Å². The van der Waals surface area contributed by atoms with Crippen molar-refractivity contribution in [3.63, 3.8) is 0 Å². The molecule has 0 aliphatic heterocycles. The van der Waals surface area contributed by atoms with Crippen LogP contribution in [0.5, 0.6) is 5.75 Å². The van der Waals surface area contributed by atoms with Crippen molar-refractivity contribution in [3.8, 4) is 5.75 Å². The van der Waals surface area contributed by atoms with E-state index >= 15 is 0 Å². The van der Waals surface area contributed by atoms with Gasteiger partial charge in [0.2, 0.25) is 5.91 Å². The number of carbonyl (C=O) groups excluding carboxylic acids is 2. The molecule has 3 aromatic rings. The van der Waals surface area contributed by atoms with E-state index in [0.29, 0.717) is 17.1 Å². The average molecular weight is 523 g/mol. The number of methoxy groups -OCH3 is 1. The average Bonchev–Trinajstić information content (AvgIpc) is 2.86. The highest BCUT2D eigenvalue weighted by molar-refractivity contribution is 7.92. The van der Waals surface area contributed by atoms with E-state index in [2.05, 4.69) is 15.8 Å². The Morgan fingerprint density at radius 1 is 0.919 bits per heavy atom. The van der Waals surface area contributed by atoms with Gasteiger partial charge in [0.1, 0.15) is 12.3 Å². The number of sulfonamides is 1. The molecule has 0 spiro atoms. The second-order valence-electron chi connectivity index (χ2n) is 8.49. The van der Waals surface area contributed by atoms with Crippen molar-refractivity contribution in [3.05, 3.63) is 83.4 Å². The molecule has 2 N–H and O–H groups in total. The number of anilines is 2. The van der Waals surface area contributed by atoms with Crippen LogP contribution in [0.25, 0.3) is 0 Å². The third-order valence-electron chi connectivity index (χ3n) is 5.47. The minimum absolute atomic E-state index is 0.0494. The number of benzene rings is 3. The Balaban J connectivity index is 1.89. The van der Waals surface area contributed by atoms with E-state index in [1.54, 1.807) is 61.5 Å². The predicted octanol–water partition coefficient (Wildman–Crippen LogP) is 4.01. The van der Waals surface area contributed by atoms with Crippen molar-refractivity contribution >= 4 is 38.9 Å².